The summed E-state index contributed by atoms with van der Waals surface area (Å²) in [5.41, 5.74) is 0. The van der Waals surface area contributed by atoms with Crippen LogP contribution < -0.4 is 10.6 Å². The first-order chi connectivity index (χ1) is 9.26. The van der Waals surface area contributed by atoms with E-state index in [4.69, 9.17) is 4.74 Å². The zero-order valence-corrected chi connectivity index (χ0v) is 12.4. The maximum Gasteiger partial charge on any atom is 0.234 e. The Balaban J connectivity index is 2.06. The van der Waals surface area contributed by atoms with E-state index < -0.39 is 0 Å². The highest BCUT2D eigenvalue weighted by Gasteiger charge is 2.20. The summed E-state index contributed by atoms with van der Waals surface area (Å²) in [6, 6.07) is 0. The van der Waals surface area contributed by atoms with Crippen LogP contribution in [-0.2, 0) is 9.53 Å². The van der Waals surface area contributed by atoms with E-state index in [0.29, 0.717) is 19.7 Å². The maximum atomic E-state index is 11.7. The van der Waals surface area contributed by atoms with Crippen LogP contribution in [0.2, 0.25) is 0 Å². The van der Waals surface area contributed by atoms with Crippen LogP contribution >= 0.6 is 0 Å². The molecular weight excluding hydrogens is 242 g/mol. The summed E-state index contributed by atoms with van der Waals surface area (Å²) in [5.74, 6) is 0.971. The summed E-state index contributed by atoms with van der Waals surface area (Å²) >= 11 is 0. The van der Waals surface area contributed by atoms with Gasteiger partial charge in [-0.2, -0.15) is 0 Å². The zero-order valence-electron chi connectivity index (χ0n) is 12.4. The number of nitrogens with one attached hydrogen (secondary N) is 2. The van der Waals surface area contributed by atoms with E-state index in [0.717, 1.165) is 32.0 Å². The number of ether oxygens (including phenoxy) is 1. The number of carbonyl (C=O) groups is 1. The predicted octanol–water partition coefficient (Wildman–Crippen LogP) is 0.461. The minimum atomic E-state index is 0.143. The van der Waals surface area contributed by atoms with Crippen LogP contribution in [0.4, 0.5) is 0 Å². The lowest BCUT2D eigenvalue weighted by molar-refractivity contribution is -0.122. The lowest BCUT2D eigenvalue weighted by Gasteiger charge is -2.31. The molecule has 1 aliphatic heterocycles. The van der Waals surface area contributed by atoms with Crippen molar-refractivity contribution in [2.75, 3.05) is 53.5 Å². The van der Waals surface area contributed by atoms with E-state index >= 15 is 0 Å². The molecule has 1 fully saturated rings. The Morgan fingerprint density at radius 3 is 2.68 bits per heavy atom. The first kappa shape index (κ1) is 16.4. The third-order valence-corrected chi connectivity index (χ3v) is 3.72. The van der Waals surface area contributed by atoms with Crippen LogP contribution in [0.25, 0.3) is 0 Å². The first-order valence-electron chi connectivity index (χ1n) is 7.39. The van der Waals surface area contributed by atoms with Gasteiger partial charge < -0.3 is 15.4 Å². The molecule has 0 radical (unpaired) electrons. The molecule has 0 aromatic rings. The average molecular weight is 271 g/mol. The molecule has 0 unspecified atom stereocenters. The maximum absolute atomic E-state index is 11.7. The zero-order chi connectivity index (χ0) is 13.9. The fourth-order valence-corrected chi connectivity index (χ4v) is 2.48. The summed E-state index contributed by atoms with van der Waals surface area (Å²) in [4.78, 5) is 14.0. The molecule has 1 saturated heterocycles. The van der Waals surface area contributed by atoms with Gasteiger partial charge >= 0.3 is 0 Å². The van der Waals surface area contributed by atoms with E-state index in [1.54, 1.807) is 7.11 Å². The van der Waals surface area contributed by atoms with Gasteiger partial charge in [0.25, 0.3) is 0 Å². The quantitative estimate of drug-likeness (QED) is 0.598. The van der Waals surface area contributed by atoms with Gasteiger partial charge in [0.1, 0.15) is 0 Å². The van der Waals surface area contributed by atoms with Crippen LogP contribution in [0.15, 0.2) is 0 Å². The highest BCUT2D eigenvalue weighted by atomic mass is 16.5. The molecular formula is C14H29N3O2. The van der Waals surface area contributed by atoms with Crippen molar-refractivity contribution in [1.29, 1.82) is 0 Å². The monoisotopic (exact) mass is 271 g/mol. The number of likely N-dealkylation sites (tertiary alicyclic amines) is 1. The predicted molar refractivity (Wildman–Crippen MR) is 77.2 cm³/mol. The highest BCUT2D eigenvalue weighted by Crippen LogP contribution is 2.19. The van der Waals surface area contributed by atoms with Crippen molar-refractivity contribution in [2.45, 2.75) is 25.7 Å². The van der Waals surface area contributed by atoms with Crippen molar-refractivity contribution >= 4 is 5.91 Å². The second kappa shape index (κ2) is 10.2. The van der Waals surface area contributed by atoms with Crippen molar-refractivity contribution in [1.82, 2.24) is 15.5 Å². The Hall–Kier alpha value is -0.650. The molecule has 1 heterocycles. The molecule has 0 spiro atoms. The molecule has 0 bridgehead atoms. The summed E-state index contributed by atoms with van der Waals surface area (Å²) in [6.45, 7) is 5.18. The van der Waals surface area contributed by atoms with E-state index in [9.17, 15) is 4.79 Å². The second-order valence-corrected chi connectivity index (χ2v) is 5.31. The molecule has 19 heavy (non-hydrogen) atoms. The SMILES string of the molecule is CNCCC1CCN(CC(=O)NCCCOC)CC1. The van der Waals surface area contributed by atoms with Crippen molar-refractivity contribution in [2.24, 2.45) is 5.92 Å². The molecule has 0 atom stereocenters. The standard InChI is InChI=1S/C14H29N3O2/c1-15-8-4-13-5-9-17(10-6-13)12-14(18)16-7-3-11-19-2/h13,15H,3-12H2,1-2H3,(H,16,18). The largest absolute Gasteiger partial charge is 0.385 e. The number of methoxy groups -OCH3 is 1. The van der Waals surface area contributed by atoms with Crippen LogP contribution in [0.1, 0.15) is 25.7 Å². The van der Waals surface area contributed by atoms with Gasteiger partial charge in [0.15, 0.2) is 0 Å². The first-order valence-corrected chi connectivity index (χ1v) is 7.39. The molecule has 0 aromatic carbocycles. The molecule has 5 nitrogen and oxygen atoms in total. The van der Waals surface area contributed by atoms with Gasteiger partial charge in [-0.25, -0.2) is 0 Å². The third kappa shape index (κ3) is 7.50. The summed E-state index contributed by atoms with van der Waals surface area (Å²) in [7, 11) is 3.68. The van der Waals surface area contributed by atoms with Crippen molar-refractivity contribution < 1.29 is 9.53 Å². The number of hydrogen-bond acceptors (Lipinski definition) is 4. The number of carbonyl (C=O) groups excluding carboxylic acids is 1. The molecule has 5 heteroatoms. The summed E-state index contributed by atoms with van der Waals surface area (Å²) < 4.78 is 4.95. The van der Waals surface area contributed by atoms with Gasteiger partial charge in [0, 0.05) is 20.3 Å². The van der Waals surface area contributed by atoms with Gasteiger partial charge in [0.05, 0.1) is 6.54 Å². The smallest absolute Gasteiger partial charge is 0.234 e. The van der Waals surface area contributed by atoms with Crippen LogP contribution in [0, 0.1) is 5.92 Å². The third-order valence-electron chi connectivity index (χ3n) is 3.72. The van der Waals surface area contributed by atoms with Crippen molar-refractivity contribution in [3.63, 3.8) is 0 Å². The molecule has 0 aliphatic carbocycles. The number of nitrogens with zero attached hydrogens (tertiary/aromatic N) is 1. The molecule has 2 N–H and O–H groups in total. The summed E-state index contributed by atoms with van der Waals surface area (Å²) in [5, 5.41) is 6.14. The van der Waals surface area contributed by atoms with Gasteiger partial charge in [-0.3, -0.25) is 9.69 Å². The van der Waals surface area contributed by atoms with Gasteiger partial charge in [-0.15, -0.1) is 0 Å². The highest BCUT2D eigenvalue weighted by molar-refractivity contribution is 5.77. The Kier molecular flexibility index (Phi) is 8.79. The van der Waals surface area contributed by atoms with E-state index in [-0.39, 0.29) is 5.91 Å². The van der Waals surface area contributed by atoms with Crippen LogP contribution in [0.3, 0.4) is 0 Å². The molecule has 0 aromatic heterocycles. The van der Waals surface area contributed by atoms with Gasteiger partial charge in [-0.1, -0.05) is 0 Å². The topological polar surface area (TPSA) is 53.6 Å². The Labute approximate surface area is 117 Å². The molecule has 1 aliphatic rings. The fourth-order valence-electron chi connectivity index (χ4n) is 2.48. The van der Waals surface area contributed by atoms with E-state index in [1.165, 1.54) is 19.3 Å². The van der Waals surface area contributed by atoms with E-state index in [1.807, 2.05) is 7.05 Å². The van der Waals surface area contributed by atoms with Crippen molar-refractivity contribution in [3.8, 4) is 0 Å². The molecule has 1 rings (SSSR count). The number of hydrogen-bond donors (Lipinski definition) is 2. The Morgan fingerprint density at radius 2 is 2.05 bits per heavy atom. The molecule has 1 amide bonds. The van der Waals surface area contributed by atoms with Crippen LogP contribution in [-0.4, -0.2) is 64.3 Å². The molecule has 112 valence electrons. The minimum absolute atomic E-state index is 0.143. The normalized spacial score (nSPS) is 17.6. The summed E-state index contributed by atoms with van der Waals surface area (Å²) in [6.07, 6.45) is 4.58. The number of amides is 1. The molecule has 0 saturated carbocycles. The number of rotatable bonds is 9. The lowest BCUT2D eigenvalue weighted by atomic mass is 9.93. The number of piperidine rings is 1. The van der Waals surface area contributed by atoms with Crippen molar-refractivity contribution in [3.05, 3.63) is 0 Å². The van der Waals surface area contributed by atoms with Gasteiger partial charge in [-0.05, 0) is 58.3 Å². The van der Waals surface area contributed by atoms with E-state index in [2.05, 4.69) is 15.5 Å². The fraction of sp³-hybridized carbons (Fsp3) is 0.929. The Bertz CT molecular complexity index is 241. The van der Waals surface area contributed by atoms with Gasteiger partial charge in [0.2, 0.25) is 5.91 Å². The minimum Gasteiger partial charge on any atom is -0.385 e. The second-order valence-electron chi connectivity index (χ2n) is 5.31. The Morgan fingerprint density at radius 1 is 1.32 bits per heavy atom. The lowest BCUT2D eigenvalue weighted by Crippen LogP contribution is -2.42. The average Bonchev–Trinajstić information content (AvgIpc) is 2.43. The van der Waals surface area contributed by atoms with Crippen LogP contribution in [0.5, 0.6) is 0 Å².